The van der Waals surface area contributed by atoms with E-state index in [9.17, 15) is 0 Å². The molecule has 48 heavy (non-hydrogen) atoms. The van der Waals surface area contributed by atoms with E-state index in [1.807, 2.05) is 0 Å². The second kappa shape index (κ2) is 11.7. The molecular formula is C46H33NSi. The van der Waals surface area contributed by atoms with Gasteiger partial charge in [0.25, 0.3) is 0 Å². The first kappa shape index (κ1) is 28.3. The van der Waals surface area contributed by atoms with Crippen LogP contribution in [0.25, 0.3) is 44.2 Å². The molecule has 0 atom stereocenters. The Kier molecular flexibility index (Phi) is 6.88. The SMILES string of the molecule is c1ccc(-c2cccc3cccc(-c4ccc(Nc5ccc6c(c5)-c5ccccc5[Si]6(c5ccccc5)c5ccccc5)cc4)c23)cc1. The van der Waals surface area contributed by atoms with Gasteiger partial charge in [0.05, 0.1) is 0 Å². The molecule has 0 fully saturated rings. The predicted molar refractivity (Wildman–Crippen MR) is 207 cm³/mol. The number of rotatable bonds is 6. The molecule has 1 aliphatic heterocycles. The molecule has 0 aromatic heterocycles. The smallest absolute Gasteiger partial charge is 0.180 e. The first-order valence-electron chi connectivity index (χ1n) is 16.6. The lowest BCUT2D eigenvalue weighted by Gasteiger charge is -2.31. The van der Waals surface area contributed by atoms with Crippen molar-refractivity contribution in [2.24, 2.45) is 0 Å². The fourth-order valence-electron chi connectivity index (χ4n) is 7.87. The molecule has 2 heteroatoms. The molecule has 0 bridgehead atoms. The summed E-state index contributed by atoms with van der Waals surface area (Å²) in [5, 5.41) is 12.0. The number of fused-ring (bicyclic) bond motifs is 4. The predicted octanol–water partition coefficient (Wildman–Crippen LogP) is 9.28. The first-order valence-corrected chi connectivity index (χ1v) is 18.6. The number of hydrogen-bond acceptors (Lipinski definition) is 1. The summed E-state index contributed by atoms with van der Waals surface area (Å²) in [6.07, 6.45) is 0. The highest BCUT2D eigenvalue weighted by Gasteiger charge is 2.48. The second-order valence-electron chi connectivity index (χ2n) is 12.6. The van der Waals surface area contributed by atoms with E-state index in [-0.39, 0.29) is 0 Å². The summed E-state index contributed by atoms with van der Waals surface area (Å²) in [6.45, 7) is 0. The Bertz CT molecular complexity index is 2350. The molecule has 0 radical (unpaired) electrons. The van der Waals surface area contributed by atoms with Crippen LogP contribution in [0.3, 0.4) is 0 Å². The van der Waals surface area contributed by atoms with Crippen LogP contribution in [0.1, 0.15) is 0 Å². The Labute approximate surface area is 282 Å². The Morgan fingerprint density at radius 3 is 1.48 bits per heavy atom. The normalized spacial score (nSPS) is 12.8. The Balaban J connectivity index is 1.10. The number of nitrogens with one attached hydrogen (secondary N) is 1. The molecule has 9 rings (SSSR count). The van der Waals surface area contributed by atoms with Crippen LogP contribution in [0, 0.1) is 0 Å². The van der Waals surface area contributed by atoms with E-state index in [0.29, 0.717) is 0 Å². The van der Waals surface area contributed by atoms with E-state index in [0.717, 1.165) is 11.4 Å². The molecule has 0 unspecified atom stereocenters. The second-order valence-corrected chi connectivity index (χ2v) is 16.3. The van der Waals surface area contributed by atoms with Crippen molar-refractivity contribution < 1.29 is 0 Å². The molecule has 0 aliphatic carbocycles. The minimum absolute atomic E-state index is 1.07. The topological polar surface area (TPSA) is 12.0 Å². The van der Waals surface area contributed by atoms with Gasteiger partial charge in [-0.15, -0.1) is 0 Å². The fraction of sp³-hybridized carbons (Fsp3) is 0. The van der Waals surface area contributed by atoms with Gasteiger partial charge < -0.3 is 5.32 Å². The largest absolute Gasteiger partial charge is 0.356 e. The third-order valence-corrected chi connectivity index (χ3v) is 14.8. The molecule has 1 N–H and O–H groups in total. The van der Waals surface area contributed by atoms with Gasteiger partial charge in [-0.05, 0) is 89.2 Å². The van der Waals surface area contributed by atoms with Crippen molar-refractivity contribution in [2.75, 3.05) is 5.32 Å². The van der Waals surface area contributed by atoms with Crippen LogP contribution >= 0.6 is 0 Å². The number of benzene rings is 8. The zero-order chi connectivity index (χ0) is 31.9. The van der Waals surface area contributed by atoms with E-state index in [2.05, 4.69) is 199 Å². The molecule has 1 heterocycles. The van der Waals surface area contributed by atoms with Gasteiger partial charge in [-0.1, -0.05) is 170 Å². The van der Waals surface area contributed by atoms with E-state index in [1.165, 1.54) is 64.9 Å². The summed E-state index contributed by atoms with van der Waals surface area (Å²) < 4.78 is 0. The van der Waals surface area contributed by atoms with Crippen LogP contribution in [0.2, 0.25) is 0 Å². The van der Waals surface area contributed by atoms with Gasteiger partial charge in [-0.25, -0.2) is 0 Å². The summed E-state index contributed by atoms with van der Waals surface area (Å²) in [5.41, 5.74) is 9.79. The highest BCUT2D eigenvalue weighted by Crippen LogP contribution is 2.37. The lowest BCUT2D eigenvalue weighted by Crippen LogP contribution is -2.72. The summed E-state index contributed by atoms with van der Waals surface area (Å²) in [5.74, 6) is 0. The summed E-state index contributed by atoms with van der Waals surface area (Å²) >= 11 is 0. The fourth-order valence-corrected chi connectivity index (χ4v) is 13.0. The van der Waals surface area contributed by atoms with Gasteiger partial charge >= 0.3 is 0 Å². The van der Waals surface area contributed by atoms with Crippen LogP contribution in [-0.4, -0.2) is 8.07 Å². The summed E-state index contributed by atoms with van der Waals surface area (Å²) in [4.78, 5) is 0. The monoisotopic (exact) mass is 627 g/mol. The Morgan fingerprint density at radius 1 is 0.333 bits per heavy atom. The molecule has 0 spiro atoms. The average molecular weight is 628 g/mol. The molecule has 0 amide bonds. The maximum Gasteiger partial charge on any atom is 0.180 e. The lowest BCUT2D eigenvalue weighted by atomic mass is 9.91. The van der Waals surface area contributed by atoms with Crippen molar-refractivity contribution in [3.05, 3.63) is 194 Å². The van der Waals surface area contributed by atoms with Crippen molar-refractivity contribution in [3.8, 4) is 33.4 Å². The molecule has 1 nitrogen and oxygen atoms in total. The molecule has 1 aliphatic rings. The molecule has 0 saturated carbocycles. The zero-order valence-corrected chi connectivity index (χ0v) is 27.5. The highest BCUT2D eigenvalue weighted by atomic mass is 28.3. The maximum atomic E-state index is 3.74. The standard InChI is InChI=1S/C46H33NSi/c1-4-14-33(15-5-1)40-23-12-16-35-17-13-24-41(46(35)40)34-26-28-36(29-27-34)47-37-30-31-45-43(32-37)42-22-10-11-25-44(42)48(45,38-18-6-2-7-19-38)39-20-8-3-9-21-39/h1-32,47H. The Hall–Kier alpha value is -5.96. The third kappa shape index (κ3) is 4.53. The first-order chi connectivity index (χ1) is 23.8. The highest BCUT2D eigenvalue weighted by molar-refractivity contribution is 7.22. The van der Waals surface area contributed by atoms with Crippen LogP contribution < -0.4 is 26.1 Å². The van der Waals surface area contributed by atoms with Gasteiger partial charge in [-0.3, -0.25) is 0 Å². The van der Waals surface area contributed by atoms with E-state index >= 15 is 0 Å². The average Bonchev–Trinajstić information content (AvgIpc) is 3.46. The summed E-state index contributed by atoms with van der Waals surface area (Å²) in [7, 11) is -2.47. The molecule has 226 valence electrons. The van der Waals surface area contributed by atoms with E-state index < -0.39 is 8.07 Å². The Morgan fingerprint density at radius 2 is 0.833 bits per heavy atom. The number of hydrogen-bond donors (Lipinski definition) is 1. The molecule has 8 aromatic rings. The third-order valence-electron chi connectivity index (χ3n) is 9.93. The molecule has 0 saturated heterocycles. The minimum Gasteiger partial charge on any atom is -0.356 e. The van der Waals surface area contributed by atoms with Crippen molar-refractivity contribution in [2.45, 2.75) is 0 Å². The van der Waals surface area contributed by atoms with Gasteiger partial charge in [0.2, 0.25) is 0 Å². The van der Waals surface area contributed by atoms with Gasteiger partial charge in [0.15, 0.2) is 8.07 Å². The maximum absolute atomic E-state index is 3.74. The van der Waals surface area contributed by atoms with Gasteiger partial charge in [0, 0.05) is 11.4 Å². The van der Waals surface area contributed by atoms with E-state index in [1.54, 1.807) is 0 Å². The minimum atomic E-state index is -2.47. The lowest BCUT2D eigenvalue weighted by molar-refractivity contribution is 1.55. The zero-order valence-electron chi connectivity index (χ0n) is 26.5. The van der Waals surface area contributed by atoms with Crippen LogP contribution in [0.15, 0.2) is 194 Å². The van der Waals surface area contributed by atoms with Crippen molar-refractivity contribution in [1.29, 1.82) is 0 Å². The van der Waals surface area contributed by atoms with Gasteiger partial charge in [-0.2, -0.15) is 0 Å². The quantitative estimate of drug-likeness (QED) is 0.181. The van der Waals surface area contributed by atoms with Crippen molar-refractivity contribution in [3.63, 3.8) is 0 Å². The number of anilines is 2. The summed E-state index contributed by atoms with van der Waals surface area (Å²) in [6, 6.07) is 71.2. The molecule has 8 aromatic carbocycles. The van der Waals surface area contributed by atoms with Crippen molar-refractivity contribution >= 4 is 51.0 Å². The van der Waals surface area contributed by atoms with Crippen LogP contribution in [0.5, 0.6) is 0 Å². The van der Waals surface area contributed by atoms with Crippen LogP contribution in [-0.2, 0) is 0 Å². The van der Waals surface area contributed by atoms with Gasteiger partial charge in [0.1, 0.15) is 0 Å². The molecular weight excluding hydrogens is 595 g/mol. The van der Waals surface area contributed by atoms with E-state index in [4.69, 9.17) is 0 Å². The van der Waals surface area contributed by atoms with Crippen molar-refractivity contribution in [1.82, 2.24) is 0 Å². The van der Waals surface area contributed by atoms with Crippen LogP contribution in [0.4, 0.5) is 11.4 Å².